The molecule has 1 aliphatic rings. The van der Waals surface area contributed by atoms with Gasteiger partial charge in [-0.1, -0.05) is 18.2 Å². The van der Waals surface area contributed by atoms with E-state index in [2.05, 4.69) is 10.6 Å². The number of para-hydroxylation sites is 1. The molecule has 1 fully saturated rings. The van der Waals surface area contributed by atoms with Gasteiger partial charge in [-0.05, 0) is 31.5 Å². The highest BCUT2D eigenvalue weighted by Gasteiger charge is 2.29. The van der Waals surface area contributed by atoms with Gasteiger partial charge in [-0.3, -0.25) is 4.79 Å². The highest BCUT2D eigenvalue weighted by Crippen LogP contribution is 2.30. The van der Waals surface area contributed by atoms with Gasteiger partial charge in [0.1, 0.15) is 0 Å². The lowest BCUT2D eigenvalue weighted by Gasteiger charge is -2.10. The standard InChI is InChI=1S/C12H16N2O.ClH/c1-13-8-10-4-2-3-5-11(10)14-12(15)9-6-7-9;/h2-5,9,13H,6-8H2,1H3,(H,14,15);1H. The van der Waals surface area contributed by atoms with Crippen LogP contribution in [0.25, 0.3) is 0 Å². The maximum Gasteiger partial charge on any atom is 0.227 e. The average molecular weight is 241 g/mol. The Bertz CT molecular complexity index is 364. The van der Waals surface area contributed by atoms with Crippen LogP contribution in [0.5, 0.6) is 0 Å². The quantitative estimate of drug-likeness (QED) is 0.847. The molecule has 3 nitrogen and oxygen atoms in total. The maximum absolute atomic E-state index is 11.6. The lowest BCUT2D eigenvalue weighted by atomic mass is 10.1. The predicted molar refractivity (Wildman–Crippen MR) is 67.8 cm³/mol. The molecule has 0 radical (unpaired) electrons. The molecule has 0 bridgehead atoms. The van der Waals surface area contributed by atoms with E-state index >= 15 is 0 Å². The van der Waals surface area contributed by atoms with Gasteiger partial charge in [0.15, 0.2) is 0 Å². The first-order chi connectivity index (χ1) is 7.31. The summed E-state index contributed by atoms with van der Waals surface area (Å²) in [6, 6.07) is 7.91. The van der Waals surface area contributed by atoms with E-state index < -0.39 is 0 Å². The molecule has 2 rings (SSSR count). The van der Waals surface area contributed by atoms with Crippen LogP contribution in [0.2, 0.25) is 0 Å². The summed E-state index contributed by atoms with van der Waals surface area (Å²) in [5.41, 5.74) is 2.07. The summed E-state index contributed by atoms with van der Waals surface area (Å²) >= 11 is 0. The summed E-state index contributed by atoms with van der Waals surface area (Å²) in [4.78, 5) is 11.6. The third-order valence-electron chi connectivity index (χ3n) is 2.59. The zero-order chi connectivity index (χ0) is 10.7. The molecule has 0 saturated heterocycles. The molecule has 0 aliphatic heterocycles. The third-order valence-corrected chi connectivity index (χ3v) is 2.59. The average Bonchev–Trinajstić information content (AvgIpc) is 3.04. The molecule has 0 atom stereocenters. The molecular formula is C12H17ClN2O. The highest BCUT2D eigenvalue weighted by atomic mass is 35.5. The Morgan fingerprint density at radius 3 is 2.69 bits per heavy atom. The van der Waals surface area contributed by atoms with Crippen LogP contribution in [-0.4, -0.2) is 13.0 Å². The maximum atomic E-state index is 11.6. The number of hydrogen-bond donors (Lipinski definition) is 2. The van der Waals surface area contributed by atoms with Gasteiger partial charge in [-0.15, -0.1) is 12.4 Å². The summed E-state index contributed by atoms with van der Waals surface area (Å²) < 4.78 is 0. The minimum Gasteiger partial charge on any atom is -0.326 e. The molecule has 2 N–H and O–H groups in total. The Morgan fingerprint density at radius 1 is 1.38 bits per heavy atom. The van der Waals surface area contributed by atoms with E-state index in [9.17, 15) is 4.79 Å². The van der Waals surface area contributed by atoms with Crippen molar-refractivity contribution in [2.24, 2.45) is 5.92 Å². The van der Waals surface area contributed by atoms with Gasteiger partial charge in [0.2, 0.25) is 5.91 Å². The first-order valence-electron chi connectivity index (χ1n) is 5.34. The SMILES string of the molecule is CNCc1ccccc1NC(=O)C1CC1.Cl. The molecule has 1 saturated carbocycles. The van der Waals surface area contributed by atoms with E-state index in [0.29, 0.717) is 0 Å². The Labute approximate surface area is 102 Å². The van der Waals surface area contributed by atoms with Crippen molar-refractivity contribution in [2.45, 2.75) is 19.4 Å². The van der Waals surface area contributed by atoms with Crippen molar-refractivity contribution < 1.29 is 4.79 Å². The molecular weight excluding hydrogens is 224 g/mol. The van der Waals surface area contributed by atoms with Gasteiger partial charge in [-0.2, -0.15) is 0 Å². The zero-order valence-electron chi connectivity index (χ0n) is 9.32. The van der Waals surface area contributed by atoms with Crippen molar-refractivity contribution >= 4 is 24.0 Å². The number of halogens is 1. The van der Waals surface area contributed by atoms with E-state index in [1.165, 1.54) is 0 Å². The fourth-order valence-corrected chi connectivity index (χ4v) is 1.57. The third kappa shape index (κ3) is 3.22. The lowest BCUT2D eigenvalue weighted by molar-refractivity contribution is -0.117. The van der Waals surface area contributed by atoms with Crippen molar-refractivity contribution in [3.05, 3.63) is 29.8 Å². The van der Waals surface area contributed by atoms with Gasteiger partial charge in [0, 0.05) is 18.2 Å². The number of carbonyl (C=O) groups excluding carboxylic acids is 1. The van der Waals surface area contributed by atoms with Crippen molar-refractivity contribution in [3.8, 4) is 0 Å². The first kappa shape index (κ1) is 13.0. The van der Waals surface area contributed by atoms with Gasteiger partial charge in [0.05, 0.1) is 0 Å². The molecule has 0 aromatic heterocycles. The van der Waals surface area contributed by atoms with Gasteiger partial charge in [-0.25, -0.2) is 0 Å². The molecule has 88 valence electrons. The lowest BCUT2D eigenvalue weighted by Crippen LogP contribution is -2.16. The predicted octanol–water partition coefficient (Wildman–Crippen LogP) is 2.18. The Morgan fingerprint density at radius 2 is 2.06 bits per heavy atom. The summed E-state index contributed by atoms with van der Waals surface area (Å²) in [6.07, 6.45) is 2.08. The van der Waals surface area contributed by atoms with Crippen LogP contribution in [-0.2, 0) is 11.3 Å². The monoisotopic (exact) mass is 240 g/mol. The minimum atomic E-state index is 0. The van der Waals surface area contributed by atoms with Gasteiger partial charge >= 0.3 is 0 Å². The Kier molecular flexibility index (Phi) is 4.77. The molecule has 0 heterocycles. The smallest absolute Gasteiger partial charge is 0.227 e. The highest BCUT2D eigenvalue weighted by molar-refractivity contribution is 5.94. The second kappa shape index (κ2) is 5.87. The van der Waals surface area contributed by atoms with Crippen molar-refractivity contribution in [1.82, 2.24) is 5.32 Å². The number of rotatable bonds is 4. The van der Waals surface area contributed by atoms with E-state index in [1.807, 2.05) is 31.3 Å². The summed E-state index contributed by atoms with van der Waals surface area (Å²) in [6.45, 7) is 0.779. The van der Waals surface area contributed by atoms with E-state index in [1.54, 1.807) is 0 Å². The second-order valence-corrected chi connectivity index (χ2v) is 3.95. The molecule has 1 aliphatic carbocycles. The zero-order valence-corrected chi connectivity index (χ0v) is 10.1. The number of anilines is 1. The fraction of sp³-hybridized carbons (Fsp3) is 0.417. The van der Waals surface area contributed by atoms with Crippen LogP contribution in [0.3, 0.4) is 0 Å². The summed E-state index contributed by atoms with van der Waals surface area (Å²) in [5.74, 6) is 0.422. The van der Waals surface area contributed by atoms with Gasteiger partial charge in [0.25, 0.3) is 0 Å². The number of amides is 1. The molecule has 1 amide bonds. The molecule has 0 spiro atoms. The first-order valence-corrected chi connectivity index (χ1v) is 5.34. The summed E-state index contributed by atoms with van der Waals surface area (Å²) in [7, 11) is 1.90. The van der Waals surface area contributed by atoms with E-state index in [-0.39, 0.29) is 24.2 Å². The molecule has 16 heavy (non-hydrogen) atoms. The van der Waals surface area contributed by atoms with Crippen LogP contribution in [0.1, 0.15) is 18.4 Å². The fourth-order valence-electron chi connectivity index (χ4n) is 1.57. The molecule has 0 unspecified atom stereocenters. The van der Waals surface area contributed by atoms with Crippen LogP contribution in [0.15, 0.2) is 24.3 Å². The number of hydrogen-bond acceptors (Lipinski definition) is 2. The normalized spacial score (nSPS) is 14.1. The Balaban J connectivity index is 0.00000128. The molecule has 1 aromatic rings. The summed E-state index contributed by atoms with van der Waals surface area (Å²) in [5, 5.41) is 6.07. The van der Waals surface area contributed by atoms with Crippen LogP contribution >= 0.6 is 12.4 Å². The van der Waals surface area contributed by atoms with Crippen molar-refractivity contribution in [3.63, 3.8) is 0 Å². The van der Waals surface area contributed by atoms with Gasteiger partial charge < -0.3 is 10.6 Å². The van der Waals surface area contributed by atoms with Crippen molar-refractivity contribution in [1.29, 1.82) is 0 Å². The van der Waals surface area contributed by atoms with Crippen LogP contribution in [0.4, 0.5) is 5.69 Å². The van der Waals surface area contributed by atoms with Crippen LogP contribution in [0, 0.1) is 5.92 Å². The van der Waals surface area contributed by atoms with Crippen molar-refractivity contribution in [2.75, 3.05) is 12.4 Å². The number of benzene rings is 1. The molecule has 4 heteroatoms. The largest absolute Gasteiger partial charge is 0.326 e. The number of carbonyl (C=O) groups is 1. The van der Waals surface area contributed by atoms with E-state index in [4.69, 9.17) is 0 Å². The topological polar surface area (TPSA) is 41.1 Å². The number of nitrogens with one attached hydrogen (secondary N) is 2. The minimum absolute atomic E-state index is 0. The van der Waals surface area contributed by atoms with Crippen LogP contribution < -0.4 is 10.6 Å². The molecule has 1 aromatic carbocycles. The van der Waals surface area contributed by atoms with E-state index in [0.717, 1.165) is 30.6 Å². The Hall–Kier alpha value is -1.06. The second-order valence-electron chi connectivity index (χ2n) is 3.95.